The predicted octanol–water partition coefficient (Wildman–Crippen LogP) is 1.66. The van der Waals surface area contributed by atoms with Crippen LogP contribution in [-0.4, -0.2) is 35.1 Å². The maximum Gasteiger partial charge on any atom is 0.254 e. The molecule has 0 unspecified atom stereocenters. The molecule has 20 heavy (non-hydrogen) atoms. The molecule has 5 nitrogen and oxygen atoms in total. The number of hydrogen-bond acceptors (Lipinski definition) is 4. The summed E-state index contributed by atoms with van der Waals surface area (Å²) in [6, 6.07) is 5.71. The highest BCUT2D eigenvalue weighted by Gasteiger charge is 2.27. The van der Waals surface area contributed by atoms with Gasteiger partial charge >= 0.3 is 0 Å². The number of hydrazine groups is 1. The van der Waals surface area contributed by atoms with E-state index in [1.807, 2.05) is 24.0 Å². The second kappa shape index (κ2) is 6.72. The number of carbonyl (C=O) groups is 1. The maximum atomic E-state index is 12.6. The lowest BCUT2D eigenvalue weighted by Crippen LogP contribution is -2.40. The minimum absolute atomic E-state index is 0.00220. The van der Waals surface area contributed by atoms with Crippen LogP contribution in [0, 0.1) is 6.92 Å². The van der Waals surface area contributed by atoms with Crippen LogP contribution in [0.3, 0.4) is 0 Å². The summed E-state index contributed by atoms with van der Waals surface area (Å²) in [5, 5.41) is 9.21. The van der Waals surface area contributed by atoms with E-state index in [0.717, 1.165) is 36.9 Å². The molecule has 0 radical (unpaired) electrons. The van der Waals surface area contributed by atoms with E-state index < -0.39 is 0 Å². The van der Waals surface area contributed by atoms with Gasteiger partial charge in [0.1, 0.15) is 0 Å². The van der Waals surface area contributed by atoms with Crippen LogP contribution in [0.2, 0.25) is 0 Å². The monoisotopic (exact) mass is 277 g/mol. The van der Waals surface area contributed by atoms with Gasteiger partial charge in [0.25, 0.3) is 5.91 Å². The van der Waals surface area contributed by atoms with Gasteiger partial charge in [0.05, 0.1) is 12.3 Å². The summed E-state index contributed by atoms with van der Waals surface area (Å²) in [7, 11) is 0. The smallest absolute Gasteiger partial charge is 0.254 e. The first kappa shape index (κ1) is 14.8. The topological polar surface area (TPSA) is 78.6 Å². The summed E-state index contributed by atoms with van der Waals surface area (Å²) in [5.41, 5.74) is 5.01. The van der Waals surface area contributed by atoms with Crippen molar-refractivity contribution in [3.8, 4) is 0 Å². The fourth-order valence-electron chi connectivity index (χ4n) is 2.90. The van der Waals surface area contributed by atoms with Gasteiger partial charge in [-0.05, 0) is 43.5 Å². The van der Waals surface area contributed by atoms with Gasteiger partial charge in [-0.3, -0.25) is 10.6 Å². The SMILES string of the molecule is Cc1cc(C(=O)N(CCO)C2CCCC2)ccc1NN. The van der Waals surface area contributed by atoms with Gasteiger partial charge in [0.15, 0.2) is 0 Å². The van der Waals surface area contributed by atoms with Crippen molar-refractivity contribution >= 4 is 11.6 Å². The van der Waals surface area contributed by atoms with E-state index in [1.165, 1.54) is 0 Å². The average molecular weight is 277 g/mol. The zero-order valence-corrected chi connectivity index (χ0v) is 11.9. The zero-order chi connectivity index (χ0) is 14.5. The molecular weight excluding hydrogens is 254 g/mol. The molecule has 0 heterocycles. The van der Waals surface area contributed by atoms with Gasteiger partial charge in [-0.2, -0.15) is 0 Å². The Labute approximate surface area is 119 Å². The lowest BCUT2D eigenvalue weighted by molar-refractivity contribution is 0.0638. The van der Waals surface area contributed by atoms with E-state index in [9.17, 15) is 9.90 Å². The minimum atomic E-state index is -0.00220. The molecule has 4 N–H and O–H groups in total. The highest BCUT2D eigenvalue weighted by Crippen LogP contribution is 2.25. The number of benzene rings is 1. The van der Waals surface area contributed by atoms with Crippen molar-refractivity contribution in [1.29, 1.82) is 0 Å². The summed E-state index contributed by atoms with van der Waals surface area (Å²) in [6.07, 6.45) is 4.39. The third kappa shape index (κ3) is 3.11. The van der Waals surface area contributed by atoms with Crippen molar-refractivity contribution < 1.29 is 9.90 Å². The molecule has 5 heteroatoms. The van der Waals surface area contributed by atoms with E-state index in [0.29, 0.717) is 12.1 Å². The molecule has 1 saturated carbocycles. The molecule has 1 aromatic carbocycles. The third-order valence-corrected chi connectivity index (χ3v) is 4.00. The Morgan fingerprint density at radius 1 is 1.45 bits per heavy atom. The van der Waals surface area contributed by atoms with E-state index in [1.54, 1.807) is 6.07 Å². The molecule has 2 rings (SSSR count). The summed E-state index contributed by atoms with van der Waals surface area (Å²) in [6.45, 7) is 2.32. The Hall–Kier alpha value is -1.59. The molecule has 1 amide bonds. The van der Waals surface area contributed by atoms with Crippen molar-refractivity contribution in [2.24, 2.45) is 5.84 Å². The number of aryl methyl sites for hydroxylation is 1. The Balaban J connectivity index is 2.20. The number of nitrogens with two attached hydrogens (primary N) is 1. The molecular formula is C15H23N3O2. The van der Waals surface area contributed by atoms with Crippen LogP contribution in [0.15, 0.2) is 18.2 Å². The number of anilines is 1. The number of carbonyl (C=O) groups excluding carboxylic acids is 1. The minimum Gasteiger partial charge on any atom is -0.395 e. The Kier molecular flexibility index (Phi) is 4.98. The predicted molar refractivity (Wildman–Crippen MR) is 79.4 cm³/mol. The lowest BCUT2D eigenvalue weighted by atomic mass is 10.1. The van der Waals surface area contributed by atoms with Crippen molar-refractivity contribution in [1.82, 2.24) is 4.90 Å². The summed E-state index contributed by atoms with van der Waals surface area (Å²) >= 11 is 0. The van der Waals surface area contributed by atoms with Crippen molar-refractivity contribution in [3.05, 3.63) is 29.3 Å². The molecule has 110 valence electrons. The van der Waals surface area contributed by atoms with Crippen molar-refractivity contribution in [3.63, 3.8) is 0 Å². The highest BCUT2D eigenvalue weighted by atomic mass is 16.3. The number of nitrogen functional groups attached to an aromatic ring is 1. The van der Waals surface area contributed by atoms with Crippen LogP contribution in [0.1, 0.15) is 41.6 Å². The molecule has 1 aliphatic rings. The number of aliphatic hydroxyl groups is 1. The van der Waals surface area contributed by atoms with Crippen LogP contribution in [0.25, 0.3) is 0 Å². The summed E-state index contributed by atoms with van der Waals surface area (Å²) in [5.74, 6) is 5.40. The fourth-order valence-corrected chi connectivity index (χ4v) is 2.90. The average Bonchev–Trinajstić information content (AvgIpc) is 2.97. The molecule has 1 fully saturated rings. The highest BCUT2D eigenvalue weighted by molar-refractivity contribution is 5.95. The quantitative estimate of drug-likeness (QED) is 0.565. The molecule has 1 aliphatic carbocycles. The van der Waals surface area contributed by atoms with Gasteiger partial charge in [0.2, 0.25) is 0 Å². The van der Waals surface area contributed by atoms with Crippen LogP contribution in [0.5, 0.6) is 0 Å². The van der Waals surface area contributed by atoms with Crippen LogP contribution < -0.4 is 11.3 Å². The molecule has 0 saturated heterocycles. The molecule has 0 aliphatic heterocycles. The van der Waals surface area contributed by atoms with Gasteiger partial charge in [-0.15, -0.1) is 0 Å². The zero-order valence-electron chi connectivity index (χ0n) is 11.9. The summed E-state index contributed by atoms with van der Waals surface area (Å²) in [4.78, 5) is 14.5. The van der Waals surface area contributed by atoms with Gasteiger partial charge in [0, 0.05) is 18.2 Å². The Morgan fingerprint density at radius 2 is 2.15 bits per heavy atom. The molecule has 0 bridgehead atoms. The fraction of sp³-hybridized carbons (Fsp3) is 0.533. The third-order valence-electron chi connectivity index (χ3n) is 4.00. The van der Waals surface area contributed by atoms with Crippen LogP contribution in [0.4, 0.5) is 5.69 Å². The van der Waals surface area contributed by atoms with Gasteiger partial charge in [-0.25, -0.2) is 0 Å². The van der Waals surface area contributed by atoms with Crippen molar-refractivity contribution in [2.75, 3.05) is 18.6 Å². The first-order valence-corrected chi connectivity index (χ1v) is 7.16. The van der Waals surface area contributed by atoms with E-state index in [4.69, 9.17) is 5.84 Å². The maximum absolute atomic E-state index is 12.6. The first-order valence-electron chi connectivity index (χ1n) is 7.16. The van der Waals surface area contributed by atoms with E-state index in [2.05, 4.69) is 5.43 Å². The number of rotatable bonds is 5. The number of aliphatic hydroxyl groups excluding tert-OH is 1. The van der Waals surface area contributed by atoms with Crippen LogP contribution >= 0.6 is 0 Å². The number of hydrogen-bond donors (Lipinski definition) is 3. The number of nitrogens with zero attached hydrogens (tertiary/aromatic N) is 1. The standard InChI is InChI=1S/C15H23N3O2/c1-11-10-12(6-7-14(11)17-16)15(20)18(8-9-19)13-4-2-3-5-13/h6-7,10,13,17,19H,2-5,8-9,16H2,1H3. The number of nitrogens with one attached hydrogen (secondary N) is 1. The van der Waals surface area contributed by atoms with Crippen LogP contribution in [-0.2, 0) is 0 Å². The number of amides is 1. The molecule has 0 aromatic heterocycles. The van der Waals surface area contributed by atoms with E-state index >= 15 is 0 Å². The summed E-state index contributed by atoms with van der Waals surface area (Å²) < 4.78 is 0. The van der Waals surface area contributed by atoms with Gasteiger partial charge in [-0.1, -0.05) is 12.8 Å². The van der Waals surface area contributed by atoms with Gasteiger partial charge < -0.3 is 15.4 Å². The molecule has 0 atom stereocenters. The second-order valence-electron chi connectivity index (χ2n) is 5.33. The Bertz CT molecular complexity index is 470. The van der Waals surface area contributed by atoms with E-state index in [-0.39, 0.29) is 18.6 Å². The first-order chi connectivity index (χ1) is 9.67. The largest absolute Gasteiger partial charge is 0.395 e. The Morgan fingerprint density at radius 3 is 2.70 bits per heavy atom. The normalized spacial score (nSPS) is 15.3. The molecule has 0 spiro atoms. The second-order valence-corrected chi connectivity index (χ2v) is 5.33. The molecule has 1 aromatic rings. The lowest BCUT2D eigenvalue weighted by Gasteiger charge is -2.28. The van der Waals surface area contributed by atoms with Crippen molar-refractivity contribution in [2.45, 2.75) is 38.6 Å².